The molecule has 2 rings (SSSR count). The first-order chi connectivity index (χ1) is 8.63. The summed E-state index contributed by atoms with van der Waals surface area (Å²) in [6.07, 6.45) is 1.92. The van der Waals surface area contributed by atoms with Crippen molar-refractivity contribution in [3.8, 4) is 11.4 Å². The Kier molecular flexibility index (Phi) is 3.72. The van der Waals surface area contributed by atoms with Gasteiger partial charge in [-0.25, -0.2) is 9.97 Å². The fraction of sp³-hybridized carbons (Fsp3) is 0.333. The normalized spacial score (nSPS) is 12.4. The highest BCUT2D eigenvalue weighted by Gasteiger charge is 2.10. The second-order valence-electron chi connectivity index (χ2n) is 4.56. The summed E-state index contributed by atoms with van der Waals surface area (Å²) in [5.74, 6) is 0.803. The van der Waals surface area contributed by atoms with Crippen LogP contribution in [0.15, 0.2) is 30.5 Å². The average Bonchev–Trinajstić information content (AvgIpc) is 2.38. The van der Waals surface area contributed by atoms with Crippen LogP contribution >= 0.6 is 0 Å². The first kappa shape index (κ1) is 12.7. The van der Waals surface area contributed by atoms with Gasteiger partial charge >= 0.3 is 0 Å². The Balaban J connectivity index is 2.44. The lowest BCUT2D eigenvalue weighted by Gasteiger charge is -2.13. The van der Waals surface area contributed by atoms with Gasteiger partial charge in [-0.1, -0.05) is 24.3 Å². The van der Waals surface area contributed by atoms with E-state index in [0.29, 0.717) is 0 Å². The van der Waals surface area contributed by atoms with Crippen molar-refractivity contribution in [2.24, 2.45) is 0 Å². The van der Waals surface area contributed by atoms with E-state index in [0.717, 1.165) is 22.6 Å². The molecule has 1 aromatic carbocycles. The molecule has 0 radical (unpaired) electrons. The minimum Gasteiger partial charge on any atom is -0.313 e. The molecule has 0 saturated carbocycles. The molecule has 0 aliphatic heterocycles. The van der Waals surface area contributed by atoms with E-state index in [1.807, 2.05) is 32.3 Å². The van der Waals surface area contributed by atoms with Crippen molar-refractivity contribution in [1.82, 2.24) is 15.3 Å². The van der Waals surface area contributed by atoms with Crippen molar-refractivity contribution in [3.05, 3.63) is 47.3 Å². The maximum Gasteiger partial charge on any atom is 0.159 e. The number of nitrogens with one attached hydrogen (secondary N) is 1. The van der Waals surface area contributed by atoms with Gasteiger partial charge in [-0.15, -0.1) is 0 Å². The van der Waals surface area contributed by atoms with Gasteiger partial charge in [-0.2, -0.15) is 0 Å². The third kappa shape index (κ3) is 2.41. The van der Waals surface area contributed by atoms with Gasteiger partial charge in [0.2, 0.25) is 0 Å². The Morgan fingerprint density at radius 3 is 2.50 bits per heavy atom. The Morgan fingerprint density at radius 2 is 1.89 bits per heavy atom. The molecule has 1 unspecified atom stereocenters. The molecule has 1 aromatic heterocycles. The Bertz CT molecular complexity index is 549. The van der Waals surface area contributed by atoms with E-state index in [1.165, 1.54) is 5.56 Å². The van der Waals surface area contributed by atoms with Crippen LogP contribution in [0.3, 0.4) is 0 Å². The van der Waals surface area contributed by atoms with Gasteiger partial charge in [0.05, 0.1) is 0 Å². The van der Waals surface area contributed by atoms with Gasteiger partial charge in [0.1, 0.15) is 0 Å². The zero-order valence-corrected chi connectivity index (χ0v) is 11.4. The summed E-state index contributed by atoms with van der Waals surface area (Å²) in [7, 11) is 1.94. The Hall–Kier alpha value is -1.74. The van der Waals surface area contributed by atoms with E-state index in [-0.39, 0.29) is 6.04 Å². The fourth-order valence-electron chi connectivity index (χ4n) is 2.01. The van der Waals surface area contributed by atoms with Crippen LogP contribution in [0.2, 0.25) is 0 Å². The molecule has 94 valence electrons. The Morgan fingerprint density at radius 1 is 1.17 bits per heavy atom. The van der Waals surface area contributed by atoms with Gasteiger partial charge in [0.25, 0.3) is 0 Å². The van der Waals surface area contributed by atoms with E-state index in [1.54, 1.807) is 0 Å². The molecule has 0 aliphatic carbocycles. The van der Waals surface area contributed by atoms with Crippen molar-refractivity contribution in [1.29, 1.82) is 0 Å². The number of hydrogen-bond acceptors (Lipinski definition) is 3. The molecular weight excluding hydrogens is 222 g/mol. The van der Waals surface area contributed by atoms with Crippen molar-refractivity contribution >= 4 is 0 Å². The molecule has 0 aliphatic rings. The largest absolute Gasteiger partial charge is 0.313 e. The van der Waals surface area contributed by atoms with Crippen molar-refractivity contribution in [3.63, 3.8) is 0 Å². The molecule has 0 bridgehead atoms. The minimum atomic E-state index is 0.274. The molecule has 0 amide bonds. The van der Waals surface area contributed by atoms with E-state index in [9.17, 15) is 0 Å². The highest BCUT2D eigenvalue weighted by Crippen LogP contribution is 2.22. The minimum absolute atomic E-state index is 0.274. The van der Waals surface area contributed by atoms with Crippen LogP contribution < -0.4 is 5.32 Å². The third-order valence-corrected chi connectivity index (χ3v) is 3.30. The van der Waals surface area contributed by atoms with Crippen LogP contribution in [0.5, 0.6) is 0 Å². The third-order valence-electron chi connectivity index (χ3n) is 3.30. The summed E-state index contributed by atoms with van der Waals surface area (Å²) in [4.78, 5) is 9.11. The molecule has 0 fully saturated rings. The van der Waals surface area contributed by atoms with Gasteiger partial charge in [-0.05, 0) is 33.4 Å². The van der Waals surface area contributed by atoms with Crippen LogP contribution in [0.4, 0.5) is 0 Å². The first-order valence-electron chi connectivity index (χ1n) is 6.20. The Labute approximate surface area is 108 Å². The predicted molar refractivity (Wildman–Crippen MR) is 74.4 cm³/mol. The molecule has 1 atom stereocenters. The zero-order chi connectivity index (χ0) is 13.1. The standard InChI is InChI=1S/C15H19N3/c1-10-7-5-6-8-13(10)15-17-9-14(11(2)16-4)12(3)18-15/h5-9,11,16H,1-4H3. The summed E-state index contributed by atoms with van der Waals surface area (Å²) in [5, 5.41) is 3.21. The van der Waals surface area contributed by atoms with E-state index >= 15 is 0 Å². The molecule has 3 heteroatoms. The van der Waals surface area contributed by atoms with Crippen LogP contribution in [-0.4, -0.2) is 17.0 Å². The summed E-state index contributed by atoms with van der Waals surface area (Å²) in [6, 6.07) is 8.47. The summed E-state index contributed by atoms with van der Waals surface area (Å²) < 4.78 is 0. The van der Waals surface area contributed by atoms with E-state index in [2.05, 4.69) is 41.3 Å². The van der Waals surface area contributed by atoms with Gasteiger partial charge in [0, 0.05) is 29.1 Å². The number of aryl methyl sites for hydroxylation is 2. The molecular formula is C15H19N3. The van der Waals surface area contributed by atoms with E-state index < -0.39 is 0 Å². The maximum atomic E-state index is 4.62. The van der Waals surface area contributed by atoms with Gasteiger partial charge < -0.3 is 5.32 Å². The van der Waals surface area contributed by atoms with Crippen LogP contribution in [0, 0.1) is 13.8 Å². The van der Waals surface area contributed by atoms with Crippen molar-refractivity contribution < 1.29 is 0 Å². The first-order valence-corrected chi connectivity index (χ1v) is 6.20. The summed E-state index contributed by atoms with van der Waals surface area (Å²) in [6.45, 7) is 6.23. The number of aromatic nitrogens is 2. The number of nitrogens with zero attached hydrogens (tertiary/aromatic N) is 2. The van der Waals surface area contributed by atoms with Gasteiger partial charge in [0.15, 0.2) is 5.82 Å². The van der Waals surface area contributed by atoms with Crippen LogP contribution in [0.1, 0.15) is 29.8 Å². The molecule has 3 nitrogen and oxygen atoms in total. The molecule has 0 saturated heterocycles. The lowest BCUT2D eigenvalue weighted by Crippen LogP contribution is -2.15. The fourth-order valence-corrected chi connectivity index (χ4v) is 2.01. The maximum absolute atomic E-state index is 4.62. The lowest BCUT2D eigenvalue weighted by molar-refractivity contribution is 0.641. The number of rotatable bonds is 3. The predicted octanol–water partition coefficient (Wildman–Crippen LogP) is 3.04. The number of hydrogen-bond donors (Lipinski definition) is 1. The monoisotopic (exact) mass is 241 g/mol. The van der Waals surface area contributed by atoms with E-state index in [4.69, 9.17) is 0 Å². The smallest absolute Gasteiger partial charge is 0.159 e. The van der Waals surface area contributed by atoms with Crippen LogP contribution in [0.25, 0.3) is 11.4 Å². The second kappa shape index (κ2) is 5.27. The quantitative estimate of drug-likeness (QED) is 0.897. The second-order valence-corrected chi connectivity index (χ2v) is 4.56. The summed E-state index contributed by atoms with van der Waals surface area (Å²) >= 11 is 0. The SMILES string of the molecule is CNC(C)c1cnc(-c2ccccc2C)nc1C. The zero-order valence-electron chi connectivity index (χ0n) is 11.4. The highest BCUT2D eigenvalue weighted by molar-refractivity contribution is 5.59. The molecule has 2 aromatic rings. The van der Waals surface area contributed by atoms with Crippen molar-refractivity contribution in [2.45, 2.75) is 26.8 Å². The van der Waals surface area contributed by atoms with Crippen molar-refractivity contribution in [2.75, 3.05) is 7.05 Å². The topological polar surface area (TPSA) is 37.8 Å². The summed E-state index contributed by atoms with van der Waals surface area (Å²) in [5.41, 5.74) is 4.48. The molecule has 1 N–H and O–H groups in total. The van der Waals surface area contributed by atoms with Gasteiger partial charge in [-0.3, -0.25) is 0 Å². The lowest BCUT2D eigenvalue weighted by atomic mass is 10.1. The highest BCUT2D eigenvalue weighted by atomic mass is 14.9. The van der Waals surface area contributed by atoms with Crippen LogP contribution in [-0.2, 0) is 0 Å². The molecule has 18 heavy (non-hydrogen) atoms. The average molecular weight is 241 g/mol. The molecule has 0 spiro atoms. The number of benzene rings is 1. The molecule has 1 heterocycles.